The van der Waals surface area contributed by atoms with Crippen molar-refractivity contribution in [2.24, 2.45) is 0 Å². The molecule has 0 saturated heterocycles. The molecule has 176 valence electrons. The summed E-state index contributed by atoms with van der Waals surface area (Å²) in [6, 6.07) is 21.7. The first kappa shape index (κ1) is 24.7. The maximum atomic E-state index is 6.01. The van der Waals surface area contributed by atoms with Gasteiger partial charge in [0, 0.05) is 25.8 Å². The highest BCUT2D eigenvalue weighted by atomic mass is 32.1. The third-order valence-corrected chi connectivity index (χ3v) is 8.33. The lowest BCUT2D eigenvalue weighted by Gasteiger charge is -2.10. The Bertz CT molecular complexity index is 1300. The van der Waals surface area contributed by atoms with Crippen LogP contribution in [0.1, 0.15) is 56.0 Å². The molecule has 0 aliphatic rings. The van der Waals surface area contributed by atoms with E-state index in [1.165, 1.54) is 37.5 Å². The summed E-state index contributed by atoms with van der Waals surface area (Å²) in [4.78, 5) is 3.65. The molecule has 0 aliphatic heterocycles. The highest BCUT2D eigenvalue weighted by Gasteiger charge is 2.15. The Labute approximate surface area is 214 Å². The molecule has 0 radical (unpaired) electrons. The number of fused-ring (bicyclic) bond motifs is 1. The average molecular weight is 507 g/mol. The first-order chi connectivity index (χ1) is 16.7. The Balaban J connectivity index is 0.00000133. The van der Waals surface area contributed by atoms with E-state index in [0.717, 1.165) is 28.6 Å². The Morgan fingerprint density at radius 1 is 0.824 bits per heavy atom. The van der Waals surface area contributed by atoms with Crippen molar-refractivity contribution in [3.63, 3.8) is 0 Å². The minimum absolute atomic E-state index is 0.605. The molecule has 0 saturated carbocycles. The molecule has 5 aromatic rings. The van der Waals surface area contributed by atoms with E-state index in [-0.39, 0.29) is 0 Å². The van der Waals surface area contributed by atoms with Gasteiger partial charge in [0.1, 0.15) is 11.0 Å². The van der Waals surface area contributed by atoms with Crippen LogP contribution in [0.3, 0.4) is 0 Å². The highest BCUT2D eigenvalue weighted by Crippen LogP contribution is 2.38. The Morgan fingerprint density at radius 2 is 1.53 bits per heavy atom. The number of benzene rings is 2. The van der Waals surface area contributed by atoms with E-state index in [2.05, 4.69) is 88.6 Å². The number of thiophene rings is 2. The summed E-state index contributed by atoms with van der Waals surface area (Å²) in [5.74, 6) is 0.605. The standard InChI is InChI=1S/C26H24N2OS3.C2H6/c1-3-17(2)19-8-6-18(7-9-19)15-29-16-20-10-13-24(31-20)22-12-11-21(23-5-4-14-30-23)25-26(22)28-32-27-25;1-2/h4-14,17H,3,15-16H2,1-2H3;1-2H3. The van der Waals surface area contributed by atoms with Crippen molar-refractivity contribution in [3.05, 3.63) is 82.0 Å². The molecule has 3 nitrogen and oxygen atoms in total. The zero-order chi connectivity index (χ0) is 23.9. The first-order valence-corrected chi connectivity index (χ1v) is 14.2. The molecule has 3 aromatic heterocycles. The predicted molar refractivity (Wildman–Crippen MR) is 149 cm³/mol. The molecule has 6 heteroatoms. The van der Waals surface area contributed by atoms with Gasteiger partial charge in [-0.1, -0.05) is 70.2 Å². The molecular weight excluding hydrogens is 477 g/mol. The lowest BCUT2D eigenvalue weighted by atomic mass is 9.98. The van der Waals surface area contributed by atoms with Gasteiger partial charge >= 0.3 is 0 Å². The molecule has 1 atom stereocenters. The molecule has 0 spiro atoms. The molecule has 0 fully saturated rings. The fraction of sp³-hybridized carbons (Fsp3) is 0.286. The second kappa shape index (κ2) is 11.8. The zero-order valence-corrected chi connectivity index (χ0v) is 22.5. The van der Waals surface area contributed by atoms with E-state index in [1.807, 2.05) is 13.8 Å². The lowest BCUT2D eigenvalue weighted by molar-refractivity contribution is 0.109. The van der Waals surface area contributed by atoms with Crippen LogP contribution in [0.2, 0.25) is 0 Å². The van der Waals surface area contributed by atoms with Gasteiger partial charge in [-0.3, -0.25) is 0 Å². The molecule has 2 aromatic carbocycles. The van der Waals surface area contributed by atoms with Crippen molar-refractivity contribution in [3.8, 4) is 20.9 Å². The lowest BCUT2D eigenvalue weighted by Crippen LogP contribution is -1.95. The van der Waals surface area contributed by atoms with Crippen molar-refractivity contribution < 1.29 is 4.74 Å². The third kappa shape index (κ3) is 5.47. The summed E-state index contributed by atoms with van der Waals surface area (Å²) in [7, 11) is 0. The van der Waals surface area contributed by atoms with Crippen LogP contribution >= 0.6 is 34.4 Å². The van der Waals surface area contributed by atoms with E-state index in [0.29, 0.717) is 19.1 Å². The van der Waals surface area contributed by atoms with Gasteiger partial charge in [-0.05, 0) is 47.0 Å². The van der Waals surface area contributed by atoms with E-state index < -0.39 is 0 Å². The fourth-order valence-corrected chi connectivity index (χ4v) is 6.04. The van der Waals surface area contributed by atoms with Crippen molar-refractivity contribution >= 4 is 45.4 Å². The number of rotatable bonds is 8. The summed E-state index contributed by atoms with van der Waals surface area (Å²) in [6.07, 6.45) is 1.16. The van der Waals surface area contributed by atoms with Crippen LogP contribution in [-0.4, -0.2) is 8.75 Å². The van der Waals surface area contributed by atoms with Crippen LogP contribution in [-0.2, 0) is 18.0 Å². The average Bonchev–Trinajstić information content (AvgIpc) is 3.67. The molecule has 0 aliphatic carbocycles. The molecule has 0 bridgehead atoms. The summed E-state index contributed by atoms with van der Waals surface area (Å²) >= 11 is 4.78. The van der Waals surface area contributed by atoms with Gasteiger partial charge in [0.05, 0.1) is 24.9 Å². The highest BCUT2D eigenvalue weighted by molar-refractivity contribution is 7.15. The van der Waals surface area contributed by atoms with Gasteiger partial charge in [-0.2, -0.15) is 8.75 Å². The molecule has 5 rings (SSSR count). The number of hydrogen-bond acceptors (Lipinski definition) is 6. The minimum Gasteiger partial charge on any atom is -0.371 e. The Morgan fingerprint density at radius 3 is 2.18 bits per heavy atom. The number of ether oxygens (including phenoxy) is 1. The molecule has 3 heterocycles. The number of hydrogen-bond donors (Lipinski definition) is 0. The maximum Gasteiger partial charge on any atom is 0.114 e. The molecule has 0 amide bonds. The fourth-order valence-electron chi connectivity index (χ4n) is 3.74. The predicted octanol–water partition coefficient (Wildman–Crippen LogP) is 9.40. The topological polar surface area (TPSA) is 35.0 Å². The van der Waals surface area contributed by atoms with Crippen LogP contribution < -0.4 is 0 Å². The van der Waals surface area contributed by atoms with Gasteiger partial charge in [0.2, 0.25) is 0 Å². The second-order valence-corrected chi connectivity index (χ2v) is 10.6. The van der Waals surface area contributed by atoms with Crippen LogP contribution in [0, 0.1) is 0 Å². The van der Waals surface area contributed by atoms with Crippen LogP contribution in [0.15, 0.2) is 66.0 Å². The maximum absolute atomic E-state index is 6.01. The summed E-state index contributed by atoms with van der Waals surface area (Å²) in [5, 5.41) is 2.10. The van der Waals surface area contributed by atoms with Crippen molar-refractivity contribution in [2.75, 3.05) is 0 Å². The van der Waals surface area contributed by atoms with Gasteiger partial charge < -0.3 is 4.74 Å². The van der Waals surface area contributed by atoms with E-state index in [1.54, 1.807) is 22.7 Å². The molecule has 1 unspecified atom stereocenters. The van der Waals surface area contributed by atoms with E-state index >= 15 is 0 Å². The van der Waals surface area contributed by atoms with Crippen molar-refractivity contribution in [1.29, 1.82) is 0 Å². The third-order valence-electron chi connectivity index (χ3n) is 5.80. The zero-order valence-electron chi connectivity index (χ0n) is 20.1. The van der Waals surface area contributed by atoms with Crippen molar-refractivity contribution in [1.82, 2.24) is 8.75 Å². The summed E-state index contributed by atoms with van der Waals surface area (Å²) in [6.45, 7) is 9.74. The van der Waals surface area contributed by atoms with Gasteiger partial charge in [0.15, 0.2) is 0 Å². The van der Waals surface area contributed by atoms with Crippen LogP contribution in [0.4, 0.5) is 0 Å². The normalized spacial score (nSPS) is 11.9. The Hall–Kier alpha value is -2.38. The van der Waals surface area contributed by atoms with Gasteiger partial charge in [0.25, 0.3) is 0 Å². The SMILES string of the molecule is CC.CCC(C)c1ccc(COCc2ccc(-c3ccc(-c4cccs4)c4nsnc34)s2)cc1. The van der Waals surface area contributed by atoms with Gasteiger partial charge in [-0.15, -0.1) is 22.7 Å². The second-order valence-electron chi connectivity index (χ2n) is 7.91. The summed E-state index contributed by atoms with van der Waals surface area (Å²) < 4.78 is 15.2. The van der Waals surface area contributed by atoms with Crippen molar-refractivity contribution in [2.45, 2.75) is 53.2 Å². The summed E-state index contributed by atoms with van der Waals surface area (Å²) in [5.41, 5.74) is 6.89. The molecule has 0 N–H and O–H groups in total. The van der Waals surface area contributed by atoms with Crippen LogP contribution in [0.25, 0.3) is 31.9 Å². The van der Waals surface area contributed by atoms with E-state index in [9.17, 15) is 0 Å². The van der Waals surface area contributed by atoms with Crippen LogP contribution in [0.5, 0.6) is 0 Å². The number of nitrogens with zero attached hydrogens (tertiary/aromatic N) is 2. The quantitative estimate of drug-likeness (QED) is 0.210. The van der Waals surface area contributed by atoms with E-state index in [4.69, 9.17) is 4.74 Å². The smallest absolute Gasteiger partial charge is 0.114 e. The molecular formula is C28H30N2OS3. The minimum atomic E-state index is 0.605. The first-order valence-electron chi connectivity index (χ1n) is 11.8. The largest absolute Gasteiger partial charge is 0.371 e. The van der Waals surface area contributed by atoms with Gasteiger partial charge in [-0.25, -0.2) is 0 Å². The number of aromatic nitrogens is 2. The monoisotopic (exact) mass is 506 g/mol. The molecule has 34 heavy (non-hydrogen) atoms. The Kier molecular flexibility index (Phi) is 8.62.